The maximum Gasteiger partial charge on any atom is 0.412 e. The number of aromatic nitrogens is 4. The summed E-state index contributed by atoms with van der Waals surface area (Å²) in [5, 5.41) is 7.16. The van der Waals surface area contributed by atoms with Gasteiger partial charge in [0.1, 0.15) is 30.6 Å². The predicted molar refractivity (Wildman–Crippen MR) is 118 cm³/mol. The Morgan fingerprint density at radius 1 is 1.24 bits per heavy atom. The number of carbonyl (C=O) groups excluding carboxylic acids is 1. The topological polar surface area (TPSA) is 92.4 Å². The molecule has 2 aromatic carbocycles. The highest BCUT2D eigenvalue weighted by Gasteiger charge is 2.17. The Hall–Kier alpha value is -3.92. The second-order valence-electron chi connectivity index (χ2n) is 7.63. The molecule has 0 unspecified atom stereocenters. The monoisotopic (exact) mass is 451 g/mol. The number of amides is 1. The van der Waals surface area contributed by atoms with Gasteiger partial charge in [-0.05, 0) is 36.4 Å². The molecule has 0 aliphatic carbocycles. The zero-order valence-electron chi connectivity index (χ0n) is 18.2. The number of nitrogens with one attached hydrogen (secondary N) is 1. The van der Waals surface area contributed by atoms with E-state index < -0.39 is 11.9 Å². The van der Waals surface area contributed by atoms with Crippen LogP contribution < -0.4 is 10.1 Å². The first-order valence-electron chi connectivity index (χ1n) is 10.4. The van der Waals surface area contributed by atoms with E-state index in [0.29, 0.717) is 41.6 Å². The molecule has 170 valence electrons. The molecule has 1 N–H and O–H groups in total. The molecule has 0 saturated carbocycles. The van der Waals surface area contributed by atoms with Crippen molar-refractivity contribution in [3.8, 4) is 17.0 Å². The quantitative estimate of drug-likeness (QED) is 0.495. The van der Waals surface area contributed by atoms with Gasteiger partial charge in [-0.15, -0.1) is 0 Å². The number of imidazole rings is 1. The van der Waals surface area contributed by atoms with Gasteiger partial charge in [0.25, 0.3) is 0 Å². The van der Waals surface area contributed by atoms with E-state index in [1.165, 1.54) is 19.2 Å². The third-order valence-corrected chi connectivity index (χ3v) is 5.53. The molecule has 0 spiro atoms. The summed E-state index contributed by atoms with van der Waals surface area (Å²) in [5.74, 6) is 0.857. The van der Waals surface area contributed by atoms with Gasteiger partial charge in [0.2, 0.25) is 0 Å². The number of methoxy groups -OCH3 is 1. The summed E-state index contributed by atoms with van der Waals surface area (Å²) in [5.41, 5.74) is 4.29. The number of fused-ring (bicyclic) bond motifs is 3. The molecule has 10 heteroatoms. The molecule has 4 aromatic rings. The first kappa shape index (κ1) is 21.0. The fraction of sp³-hybridized carbons (Fsp3) is 0.261. The van der Waals surface area contributed by atoms with Gasteiger partial charge in [0, 0.05) is 30.9 Å². The van der Waals surface area contributed by atoms with E-state index in [0.717, 1.165) is 23.4 Å². The summed E-state index contributed by atoms with van der Waals surface area (Å²) in [6.07, 6.45) is -0.594. The Morgan fingerprint density at radius 3 is 2.97 bits per heavy atom. The number of aryl methyl sites for hydroxylation is 1. The third-order valence-electron chi connectivity index (χ3n) is 5.53. The van der Waals surface area contributed by atoms with Crippen LogP contribution in [-0.2, 0) is 36.3 Å². The Balaban J connectivity index is 1.26. The van der Waals surface area contributed by atoms with Gasteiger partial charge >= 0.3 is 6.09 Å². The molecule has 0 saturated heterocycles. The van der Waals surface area contributed by atoms with Crippen molar-refractivity contribution in [2.45, 2.75) is 19.8 Å². The fourth-order valence-electron chi connectivity index (χ4n) is 3.88. The standard InChI is InChI=1S/C23H22FN5O4/c1-28-16(11-18(27-28)17-5-3-14(24)9-21(17)31-2)12-33-23(30)25-15-4-6-20-19(10-15)26-22-13-32-8-7-29(20)22/h3-6,9-11H,7-8,12-13H2,1-2H3,(H,25,30). The molecule has 3 heterocycles. The van der Waals surface area contributed by atoms with Gasteiger partial charge < -0.3 is 18.8 Å². The molecule has 9 nitrogen and oxygen atoms in total. The highest BCUT2D eigenvalue weighted by Crippen LogP contribution is 2.30. The SMILES string of the molecule is COc1cc(F)ccc1-c1cc(COC(=O)Nc2ccc3c(c2)nc2n3CCOC2)n(C)n1. The molecule has 0 atom stereocenters. The number of halogens is 1. The average Bonchev–Trinajstić information content (AvgIpc) is 3.37. The predicted octanol–water partition coefficient (Wildman–Crippen LogP) is 3.86. The Kier molecular flexibility index (Phi) is 5.43. The maximum atomic E-state index is 13.5. The van der Waals surface area contributed by atoms with Gasteiger partial charge in [0.05, 0.1) is 36.1 Å². The molecular formula is C23H22FN5O4. The van der Waals surface area contributed by atoms with Gasteiger partial charge in [0.15, 0.2) is 0 Å². The van der Waals surface area contributed by atoms with E-state index in [1.807, 2.05) is 18.2 Å². The van der Waals surface area contributed by atoms with Gasteiger partial charge in [-0.25, -0.2) is 14.2 Å². The average molecular weight is 451 g/mol. The van der Waals surface area contributed by atoms with Crippen molar-refractivity contribution in [1.82, 2.24) is 19.3 Å². The lowest BCUT2D eigenvalue weighted by Gasteiger charge is -2.14. The molecule has 5 rings (SSSR count). The lowest BCUT2D eigenvalue weighted by atomic mass is 10.1. The van der Waals surface area contributed by atoms with E-state index in [4.69, 9.17) is 14.2 Å². The van der Waals surface area contributed by atoms with E-state index >= 15 is 0 Å². The molecular weight excluding hydrogens is 429 g/mol. The van der Waals surface area contributed by atoms with Crippen molar-refractivity contribution < 1.29 is 23.4 Å². The van der Waals surface area contributed by atoms with E-state index in [9.17, 15) is 9.18 Å². The number of ether oxygens (including phenoxy) is 3. The number of anilines is 1. The normalized spacial score (nSPS) is 13.1. The Bertz CT molecular complexity index is 1350. The molecule has 0 fully saturated rings. The van der Waals surface area contributed by atoms with Crippen molar-refractivity contribution in [3.63, 3.8) is 0 Å². The van der Waals surface area contributed by atoms with Crippen molar-refractivity contribution in [3.05, 3.63) is 59.8 Å². The van der Waals surface area contributed by atoms with Crippen molar-refractivity contribution >= 4 is 22.8 Å². The minimum Gasteiger partial charge on any atom is -0.496 e. The lowest BCUT2D eigenvalue weighted by Crippen LogP contribution is -2.16. The minimum absolute atomic E-state index is 0.0111. The van der Waals surface area contributed by atoms with Crippen LogP contribution in [0.3, 0.4) is 0 Å². The van der Waals surface area contributed by atoms with Crippen molar-refractivity contribution in [2.24, 2.45) is 7.05 Å². The second kappa shape index (κ2) is 8.55. The molecule has 1 aliphatic heterocycles. The van der Waals surface area contributed by atoms with E-state index in [2.05, 4.69) is 20.0 Å². The smallest absolute Gasteiger partial charge is 0.412 e. The lowest BCUT2D eigenvalue weighted by molar-refractivity contribution is 0.0830. The van der Waals surface area contributed by atoms with E-state index in [-0.39, 0.29) is 6.61 Å². The molecule has 2 aromatic heterocycles. The van der Waals surface area contributed by atoms with Crippen molar-refractivity contribution in [1.29, 1.82) is 0 Å². The highest BCUT2D eigenvalue weighted by molar-refractivity contribution is 5.89. The summed E-state index contributed by atoms with van der Waals surface area (Å²) in [7, 11) is 3.22. The number of rotatable bonds is 5. The Morgan fingerprint density at radius 2 is 2.12 bits per heavy atom. The minimum atomic E-state index is -0.594. The van der Waals surface area contributed by atoms with Crippen LogP contribution in [0.5, 0.6) is 5.75 Å². The molecule has 0 radical (unpaired) electrons. The van der Waals surface area contributed by atoms with E-state index in [1.54, 1.807) is 23.9 Å². The van der Waals surface area contributed by atoms with Gasteiger partial charge in [-0.3, -0.25) is 10.00 Å². The largest absolute Gasteiger partial charge is 0.496 e. The molecule has 0 bridgehead atoms. The Labute approximate surface area is 188 Å². The summed E-state index contributed by atoms with van der Waals surface area (Å²) < 4.78 is 33.3. The second-order valence-corrected chi connectivity index (χ2v) is 7.63. The number of nitrogens with zero attached hydrogens (tertiary/aromatic N) is 4. The highest BCUT2D eigenvalue weighted by atomic mass is 19.1. The van der Waals surface area contributed by atoms with Crippen molar-refractivity contribution in [2.75, 3.05) is 19.0 Å². The van der Waals surface area contributed by atoms with Crippen LogP contribution in [0, 0.1) is 5.82 Å². The molecule has 1 amide bonds. The fourth-order valence-corrected chi connectivity index (χ4v) is 3.88. The van der Waals surface area contributed by atoms with Crippen LogP contribution in [0.15, 0.2) is 42.5 Å². The summed E-state index contributed by atoms with van der Waals surface area (Å²) in [4.78, 5) is 17.0. The van der Waals surface area contributed by atoms with Crippen LogP contribution in [0.4, 0.5) is 14.9 Å². The number of hydrogen-bond acceptors (Lipinski definition) is 6. The van der Waals surface area contributed by atoms with Crippen LogP contribution in [0.2, 0.25) is 0 Å². The third kappa shape index (κ3) is 4.12. The zero-order chi connectivity index (χ0) is 22.9. The van der Waals surface area contributed by atoms with Gasteiger partial charge in [-0.1, -0.05) is 0 Å². The van der Waals surface area contributed by atoms with Crippen LogP contribution in [0.25, 0.3) is 22.3 Å². The number of hydrogen-bond donors (Lipinski definition) is 1. The first-order valence-corrected chi connectivity index (χ1v) is 10.4. The molecule has 33 heavy (non-hydrogen) atoms. The summed E-state index contributed by atoms with van der Waals surface area (Å²) >= 11 is 0. The number of carbonyl (C=O) groups is 1. The van der Waals surface area contributed by atoms with Crippen LogP contribution in [0.1, 0.15) is 11.5 Å². The first-order chi connectivity index (χ1) is 16.0. The van der Waals surface area contributed by atoms with Gasteiger partial charge in [-0.2, -0.15) is 5.10 Å². The summed E-state index contributed by atoms with van der Waals surface area (Å²) in [6, 6.07) is 11.6. The van der Waals surface area contributed by atoms with Crippen LogP contribution in [-0.4, -0.2) is 39.1 Å². The van der Waals surface area contributed by atoms with Crippen LogP contribution >= 0.6 is 0 Å². The number of benzene rings is 2. The zero-order valence-corrected chi connectivity index (χ0v) is 18.2. The maximum absolute atomic E-state index is 13.5. The molecule has 1 aliphatic rings. The summed E-state index contributed by atoms with van der Waals surface area (Å²) in [6.45, 7) is 1.92.